The fraction of sp³-hybridized carbons (Fsp3) is 0.190. The number of amides is 2. The second-order valence-electron chi connectivity index (χ2n) is 7.72. The highest BCUT2D eigenvalue weighted by atomic mass is 16.2. The Morgan fingerprint density at radius 3 is 2.03 bits per heavy atom. The van der Waals surface area contributed by atoms with E-state index in [0.717, 1.165) is 5.69 Å². The van der Waals surface area contributed by atoms with E-state index in [9.17, 15) is 9.59 Å². The molecule has 0 atom stereocenters. The van der Waals surface area contributed by atoms with Crippen molar-refractivity contribution < 1.29 is 9.59 Å². The molecule has 0 unspecified atom stereocenters. The van der Waals surface area contributed by atoms with Crippen LogP contribution in [0.4, 0.5) is 23.3 Å². The van der Waals surface area contributed by atoms with Gasteiger partial charge in [-0.25, -0.2) is 0 Å². The fourth-order valence-corrected chi connectivity index (χ4v) is 2.85. The Hall–Kier alpha value is -3.81. The summed E-state index contributed by atoms with van der Waals surface area (Å²) in [6.07, 6.45) is 0. The Balaban J connectivity index is 1.68. The van der Waals surface area contributed by atoms with Crippen molar-refractivity contribution in [2.75, 3.05) is 10.6 Å². The van der Waals surface area contributed by atoms with E-state index < -0.39 is 5.91 Å². The summed E-state index contributed by atoms with van der Waals surface area (Å²) in [5, 5.41) is 8.58. The van der Waals surface area contributed by atoms with Crippen molar-refractivity contribution >= 4 is 35.1 Å². The number of carbonyl (C=O) groups is 2. The van der Waals surface area contributed by atoms with Gasteiger partial charge in [-0.15, -0.1) is 0 Å². The molecule has 1 aliphatic heterocycles. The van der Waals surface area contributed by atoms with E-state index in [4.69, 9.17) is 0 Å². The van der Waals surface area contributed by atoms with Gasteiger partial charge in [0.2, 0.25) is 11.9 Å². The number of anilines is 4. The number of para-hydroxylation sites is 1. The maximum atomic E-state index is 11.9. The topological polar surface area (TPSA) is 109 Å². The van der Waals surface area contributed by atoms with Crippen molar-refractivity contribution in [3.8, 4) is 0 Å². The zero-order chi connectivity index (χ0) is 20.6. The van der Waals surface area contributed by atoms with Gasteiger partial charge in [0.15, 0.2) is 0 Å². The SMILES string of the molecule is CC(C)(C)c1nc(Nc2ccccc2)nc(Nc2ccc3c(c2)C(=O)NC3=O)n1. The molecule has 29 heavy (non-hydrogen) atoms. The number of hydrogen-bond acceptors (Lipinski definition) is 7. The zero-order valence-electron chi connectivity index (χ0n) is 16.3. The molecule has 4 rings (SSSR count). The Morgan fingerprint density at radius 1 is 0.759 bits per heavy atom. The lowest BCUT2D eigenvalue weighted by Gasteiger charge is -2.18. The van der Waals surface area contributed by atoms with Crippen LogP contribution in [0.25, 0.3) is 0 Å². The van der Waals surface area contributed by atoms with Crippen LogP contribution in [0.15, 0.2) is 48.5 Å². The van der Waals surface area contributed by atoms with Gasteiger partial charge in [0.25, 0.3) is 11.8 Å². The van der Waals surface area contributed by atoms with Gasteiger partial charge >= 0.3 is 0 Å². The minimum atomic E-state index is -0.411. The number of rotatable bonds is 4. The maximum Gasteiger partial charge on any atom is 0.259 e. The number of carbonyl (C=O) groups excluding carboxylic acids is 2. The van der Waals surface area contributed by atoms with Crippen LogP contribution in [0.1, 0.15) is 47.3 Å². The summed E-state index contributed by atoms with van der Waals surface area (Å²) >= 11 is 0. The predicted octanol–water partition coefficient (Wildman–Crippen LogP) is 3.54. The normalized spacial score (nSPS) is 13.1. The molecule has 2 heterocycles. The maximum absolute atomic E-state index is 11.9. The van der Waals surface area contributed by atoms with Crippen LogP contribution in [0.3, 0.4) is 0 Å². The van der Waals surface area contributed by atoms with Crippen LogP contribution in [0.2, 0.25) is 0 Å². The van der Waals surface area contributed by atoms with Crippen LogP contribution < -0.4 is 16.0 Å². The molecule has 0 fully saturated rings. The first kappa shape index (κ1) is 18.5. The Bertz CT molecular complexity index is 1110. The monoisotopic (exact) mass is 388 g/mol. The highest BCUT2D eigenvalue weighted by Gasteiger charge is 2.27. The van der Waals surface area contributed by atoms with Crippen LogP contribution in [-0.4, -0.2) is 26.8 Å². The molecule has 1 aromatic heterocycles. The minimum Gasteiger partial charge on any atom is -0.324 e. The van der Waals surface area contributed by atoms with Crippen LogP contribution in [0, 0.1) is 0 Å². The third-order valence-corrected chi connectivity index (χ3v) is 4.33. The van der Waals surface area contributed by atoms with E-state index in [-0.39, 0.29) is 11.3 Å². The quantitative estimate of drug-likeness (QED) is 0.587. The number of nitrogens with zero attached hydrogens (tertiary/aromatic N) is 3. The Labute approximate surface area is 167 Å². The predicted molar refractivity (Wildman–Crippen MR) is 110 cm³/mol. The molecule has 0 bridgehead atoms. The first-order valence-corrected chi connectivity index (χ1v) is 9.15. The van der Waals surface area contributed by atoms with E-state index in [2.05, 4.69) is 30.9 Å². The first-order valence-electron chi connectivity index (χ1n) is 9.15. The first-order chi connectivity index (χ1) is 13.8. The van der Waals surface area contributed by atoms with Crippen molar-refractivity contribution in [1.29, 1.82) is 0 Å². The Kier molecular flexibility index (Phi) is 4.46. The van der Waals surface area contributed by atoms with E-state index in [1.54, 1.807) is 18.2 Å². The smallest absolute Gasteiger partial charge is 0.259 e. The van der Waals surface area contributed by atoms with Gasteiger partial charge in [0, 0.05) is 16.8 Å². The lowest BCUT2D eigenvalue weighted by molar-refractivity contribution is 0.0879. The molecule has 8 nitrogen and oxygen atoms in total. The Morgan fingerprint density at radius 2 is 1.38 bits per heavy atom. The second kappa shape index (κ2) is 6.97. The van der Waals surface area contributed by atoms with Gasteiger partial charge in [0.05, 0.1) is 11.1 Å². The van der Waals surface area contributed by atoms with Crippen molar-refractivity contribution in [1.82, 2.24) is 20.3 Å². The van der Waals surface area contributed by atoms with Gasteiger partial charge in [-0.1, -0.05) is 39.0 Å². The third kappa shape index (κ3) is 3.91. The van der Waals surface area contributed by atoms with Crippen molar-refractivity contribution in [3.05, 3.63) is 65.5 Å². The molecule has 0 saturated carbocycles. The number of imide groups is 1. The molecule has 0 aliphatic carbocycles. The molecule has 1 aliphatic rings. The molecular weight excluding hydrogens is 368 g/mol. The van der Waals surface area contributed by atoms with Crippen LogP contribution in [-0.2, 0) is 5.41 Å². The average Bonchev–Trinajstić information content (AvgIpc) is 2.95. The molecule has 0 saturated heterocycles. The van der Waals surface area contributed by atoms with E-state index in [1.807, 2.05) is 51.1 Å². The molecular formula is C21H20N6O2. The van der Waals surface area contributed by atoms with Crippen molar-refractivity contribution in [2.24, 2.45) is 0 Å². The average molecular weight is 388 g/mol. The summed E-state index contributed by atoms with van der Waals surface area (Å²) in [6.45, 7) is 6.05. The number of aromatic nitrogens is 3. The number of benzene rings is 2. The standard InChI is InChI=1S/C21H20N6O2/c1-21(2,3)18-25-19(22-12-7-5-4-6-8-12)27-20(26-18)23-13-9-10-14-15(11-13)17(29)24-16(14)28/h4-11H,1-3H3,(H,24,28,29)(H2,22,23,25,26,27). The highest BCUT2D eigenvalue weighted by molar-refractivity contribution is 6.21. The number of nitrogens with one attached hydrogen (secondary N) is 3. The summed E-state index contributed by atoms with van der Waals surface area (Å²) in [6, 6.07) is 14.5. The van der Waals surface area contributed by atoms with Crippen LogP contribution in [0.5, 0.6) is 0 Å². The fourth-order valence-electron chi connectivity index (χ4n) is 2.85. The summed E-state index contributed by atoms with van der Waals surface area (Å²) < 4.78 is 0. The summed E-state index contributed by atoms with van der Waals surface area (Å²) in [5.41, 5.74) is 1.85. The van der Waals surface area contributed by atoms with Crippen LogP contribution >= 0.6 is 0 Å². The molecule has 146 valence electrons. The molecule has 8 heteroatoms. The lowest BCUT2D eigenvalue weighted by atomic mass is 9.96. The molecule has 3 aromatic rings. The summed E-state index contributed by atoms with van der Waals surface area (Å²) in [7, 11) is 0. The second-order valence-corrected chi connectivity index (χ2v) is 7.72. The molecule has 2 amide bonds. The minimum absolute atomic E-state index is 0.295. The largest absolute Gasteiger partial charge is 0.324 e. The van der Waals surface area contributed by atoms with Crippen molar-refractivity contribution in [3.63, 3.8) is 0 Å². The van der Waals surface area contributed by atoms with Gasteiger partial charge in [0.1, 0.15) is 5.82 Å². The van der Waals surface area contributed by atoms with Crippen molar-refractivity contribution in [2.45, 2.75) is 26.2 Å². The molecule has 3 N–H and O–H groups in total. The zero-order valence-corrected chi connectivity index (χ0v) is 16.3. The van der Waals surface area contributed by atoms with Gasteiger partial charge < -0.3 is 10.6 Å². The number of fused-ring (bicyclic) bond motifs is 1. The van der Waals surface area contributed by atoms with E-state index in [0.29, 0.717) is 34.5 Å². The third-order valence-electron chi connectivity index (χ3n) is 4.33. The summed E-state index contributed by atoms with van der Waals surface area (Å²) in [4.78, 5) is 37.2. The van der Waals surface area contributed by atoms with Gasteiger partial charge in [-0.2, -0.15) is 15.0 Å². The molecule has 0 spiro atoms. The van der Waals surface area contributed by atoms with Gasteiger partial charge in [-0.3, -0.25) is 14.9 Å². The van der Waals surface area contributed by atoms with E-state index in [1.165, 1.54) is 0 Å². The summed E-state index contributed by atoms with van der Waals surface area (Å²) in [5.74, 6) is 0.565. The number of hydrogen-bond donors (Lipinski definition) is 3. The molecule has 0 radical (unpaired) electrons. The lowest BCUT2D eigenvalue weighted by Crippen LogP contribution is -2.19. The van der Waals surface area contributed by atoms with Gasteiger partial charge in [-0.05, 0) is 30.3 Å². The van der Waals surface area contributed by atoms with E-state index >= 15 is 0 Å². The molecule has 2 aromatic carbocycles. The highest BCUT2D eigenvalue weighted by Crippen LogP contribution is 2.25.